The summed E-state index contributed by atoms with van der Waals surface area (Å²) in [6, 6.07) is 0.690. The van der Waals surface area contributed by atoms with E-state index in [2.05, 4.69) is 9.72 Å². The van der Waals surface area contributed by atoms with E-state index in [9.17, 15) is 8.78 Å². The topological polar surface area (TPSA) is 40.6 Å². The number of pyridine rings is 1. The smallest absolute Gasteiger partial charge is 0.481 e. The maximum atomic E-state index is 14.1. The molecule has 7 heteroatoms. The van der Waals surface area contributed by atoms with E-state index in [0.717, 1.165) is 0 Å². The predicted octanol–water partition coefficient (Wildman–Crippen LogP) is 1.67. The normalized spacial score (nSPS) is 23.7. The van der Waals surface area contributed by atoms with Gasteiger partial charge in [0.1, 0.15) is 5.82 Å². The van der Waals surface area contributed by atoms with Gasteiger partial charge < -0.3 is 14.0 Å². The van der Waals surface area contributed by atoms with Crippen LogP contribution in [-0.4, -0.2) is 30.3 Å². The van der Waals surface area contributed by atoms with Crippen LogP contribution in [0.4, 0.5) is 8.78 Å². The highest BCUT2D eigenvalue weighted by Gasteiger charge is 2.53. The van der Waals surface area contributed by atoms with Gasteiger partial charge in [0, 0.05) is 6.07 Å². The number of nitrogens with zero attached hydrogens (tertiary/aromatic N) is 1. The van der Waals surface area contributed by atoms with Crippen LogP contribution in [0.15, 0.2) is 6.07 Å². The zero-order chi connectivity index (χ0) is 16.9. The minimum atomic E-state index is -2.85. The Labute approximate surface area is 115 Å². The van der Waals surface area contributed by atoms with E-state index in [1.54, 1.807) is 27.7 Å². The van der Waals surface area contributed by atoms with Crippen molar-refractivity contribution in [2.75, 3.05) is 7.04 Å². The molecule has 0 bridgehead atoms. The van der Waals surface area contributed by atoms with Crippen molar-refractivity contribution in [1.29, 1.82) is 0 Å². The molecule has 1 saturated heterocycles. The van der Waals surface area contributed by atoms with Crippen LogP contribution in [0.25, 0.3) is 0 Å². The molecule has 19 heavy (non-hydrogen) atoms. The second kappa shape index (κ2) is 4.42. The van der Waals surface area contributed by atoms with Crippen molar-refractivity contribution in [1.82, 2.24) is 4.98 Å². The van der Waals surface area contributed by atoms with Gasteiger partial charge in [0.2, 0.25) is 11.8 Å². The monoisotopic (exact) mass is 274 g/mol. The summed E-state index contributed by atoms with van der Waals surface area (Å²) < 4.78 is 64.4. The summed E-state index contributed by atoms with van der Waals surface area (Å²) in [5.41, 5.74) is -2.06. The number of halogens is 2. The van der Waals surface area contributed by atoms with Gasteiger partial charge in [-0.3, -0.25) is 0 Å². The molecule has 1 aliphatic heterocycles. The number of rotatable bonds is 2. The predicted molar refractivity (Wildman–Crippen MR) is 66.4 cm³/mol. The van der Waals surface area contributed by atoms with Crippen LogP contribution < -0.4 is 10.2 Å². The Morgan fingerprint density at radius 3 is 2.32 bits per heavy atom. The molecule has 104 valence electrons. The first-order chi connectivity index (χ1) is 9.82. The highest BCUT2D eigenvalue weighted by molar-refractivity contribution is 6.62. The minimum absolute atomic E-state index is 0.517. The van der Waals surface area contributed by atoms with Gasteiger partial charge in [0.15, 0.2) is 0 Å². The van der Waals surface area contributed by atoms with Crippen molar-refractivity contribution in [3.05, 3.63) is 17.8 Å². The molecule has 0 saturated carbocycles. The van der Waals surface area contributed by atoms with Crippen LogP contribution in [0.1, 0.15) is 31.8 Å². The fourth-order valence-electron chi connectivity index (χ4n) is 1.70. The summed E-state index contributed by atoms with van der Waals surface area (Å²) in [4.78, 5) is 3.31. The Kier molecular flexibility index (Phi) is 2.46. The van der Waals surface area contributed by atoms with Crippen molar-refractivity contribution in [2.24, 2.45) is 0 Å². The first kappa shape index (κ1) is 10.6. The average Bonchev–Trinajstić information content (AvgIpc) is 2.43. The third-order valence-corrected chi connectivity index (χ3v) is 3.53. The number of hydrogen-bond acceptors (Lipinski definition) is 4. The Hall–Kier alpha value is -1.21. The fourth-order valence-corrected chi connectivity index (χ4v) is 1.70. The first-order valence-electron chi connectivity index (χ1n) is 7.23. The Morgan fingerprint density at radius 1 is 1.26 bits per heavy atom. The van der Waals surface area contributed by atoms with Gasteiger partial charge >= 0.3 is 7.12 Å². The molecule has 0 spiro atoms. The van der Waals surface area contributed by atoms with Gasteiger partial charge in [-0.15, -0.1) is 0 Å². The second-order valence-electron chi connectivity index (χ2n) is 5.34. The van der Waals surface area contributed by atoms with Gasteiger partial charge in [-0.1, -0.05) is 0 Å². The van der Waals surface area contributed by atoms with Gasteiger partial charge in [-0.25, -0.2) is 4.39 Å². The van der Waals surface area contributed by atoms with Crippen LogP contribution in [0.3, 0.4) is 0 Å². The quantitative estimate of drug-likeness (QED) is 0.607. The van der Waals surface area contributed by atoms with E-state index < -0.39 is 48.5 Å². The molecule has 0 aromatic carbocycles. The van der Waals surface area contributed by atoms with Gasteiger partial charge in [0.25, 0.3) is 0 Å². The lowest BCUT2D eigenvalue weighted by Crippen LogP contribution is -2.41. The van der Waals surface area contributed by atoms with Crippen LogP contribution in [0.5, 0.6) is 5.88 Å². The molecular weight excluding hydrogens is 255 g/mol. The molecule has 2 heterocycles. The Morgan fingerprint density at radius 2 is 1.84 bits per heavy atom. The molecule has 0 atom stereocenters. The molecule has 1 aromatic rings. The summed E-state index contributed by atoms with van der Waals surface area (Å²) in [7, 11) is -4.13. The number of methoxy groups -OCH3 is 1. The average molecular weight is 274 g/mol. The summed E-state index contributed by atoms with van der Waals surface area (Å²) in [5.74, 6) is -2.96. The molecule has 0 N–H and O–H groups in total. The van der Waals surface area contributed by atoms with Crippen LogP contribution >= 0.6 is 0 Å². The zero-order valence-electron chi connectivity index (χ0n) is 14.1. The lowest BCUT2D eigenvalue weighted by molar-refractivity contribution is 0.00578. The van der Waals surface area contributed by atoms with E-state index in [1.165, 1.54) is 0 Å². The van der Waals surface area contributed by atoms with Gasteiger partial charge in [-0.2, -0.15) is 9.37 Å². The van der Waals surface area contributed by atoms with E-state index in [-0.39, 0.29) is 0 Å². The lowest BCUT2D eigenvalue weighted by atomic mass is 9.79. The molecule has 2 rings (SSSR count). The molecule has 0 amide bonds. The standard InChI is InChI=1S/C12H16BF2NO3/c1-11(2)12(3,4)19-13(18-11)9-7(14)6-8(17-5)16-10(9)15/h6H,1-5H3/i5D3. The van der Waals surface area contributed by atoms with E-state index in [4.69, 9.17) is 13.4 Å². The van der Waals surface area contributed by atoms with Crippen molar-refractivity contribution < 1.29 is 26.9 Å². The molecule has 0 unspecified atom stereocenters. The highest BCUT2D eigenvalue weighted by atomic mass is 19.1. The maximum absolute atomic E-state index is 14.1. The number of ether oxygens (including phenoxy) is 1. The van der Waals surface area contributed by atoms with Gasteiger partial charge in [0.05, 0.1) is 27.8 Å². The molecule has 4 nitrogen and oxygen atoms in total. The maximum Gasteiger partial charge on any atom is 0.502 e. The summed E-state index contributed by atoms with van der Waals surface area (Å²) >= 11 is 0. The second-order valence-corrected chi connectivity index (χ2v) is 5.34. The van der Waals surface area contributed by atoms with Crippen molar-refractivity contribution >= 4 is 12.6 Å². The Balaban J connectivity index is 2.34. The first-order valence-corrected chi connectivity index (χ1v) is 5.73. The summed E-state index contributed by atoms with van der Waals surface area (Å²) in [5, 5.41) is 0. The van der Waals surface area contributed by atoms with Crippen LogP contribution in [0, 0.1) is 11.8 Å². The minimum Gasteiger partial charge on any atom is -0.481 e. The highest BCUT2D eigenvalue weighted by Crippen LogP contribution is 2.36. The van der Waals surface area contributed by atoms with Crippen molar-refractivity contribution in [3.63, 3.8) is 0 Å². The van der Waals surface area contributed by atoms with E-state index >= 15 is 0 Å². The zero-order valence-corrected chi connectivity index (χ0v) is 11.1. The summed E-state index contributed by atoms with van der Waals surface area (Å²) in [6.45, 7) is 6.95. The van der Waals surface area contributed by atoms with E-state index in [1.807, 2.05) is 0 Å². The number of hydrogen-bond donors (Lipinski definition) is 0. The number of aromatic nitrogens is 1. The largest absolute Gasteiger partial charge is 0.502 e. The third-order valence-electron chi connectivity index (χ3n) is 3.53. The summed E-state index contributed by atoms with van der Waals surface area (Å²) in [6.07, 6.45) is 0. The molecule has 1 aromatic heterocycles. The molecule has 1 fully saturated rings. The van der Waals surface area contributed by atoms with Crippen molar-refractivity contribution in [3.8, 4) is 5.88 Å². The van der Waals surface area contributed by atoms with Crippen LogP contribution in [0.2, 0.25) is 0 Å². The lowest BCUT2D eigenvalue weighted by Gasteiger charge is -2.32. The van der Waals surface area contributed by atoms with E-state index in [0.29, 0.717) is 6.07 Å². The Bertz CT molecular complexity index is 556. The van der Waals surface area contributed by atoms with Gasteiger partial charge in [-0.05, 0) is 27.7 Å². The third kappa shape index (κ3) is 2.32. The molecule has 0 radical (unpaired) electrons. The molecule has 0 aliphatic carbocycles. The SMILES string of the molecule is [2H]C([2H])([2H])Oc1cc(F)c(B2OC(C)(C)C(C)(C)O2)c(F)n1. The molecular formula is C12H16BF2NO3. The molecule has 1 aliphatic rings. The van der Waals surface area contributed by atoms with Crippen molar-refractivity contribution in [2.45, 2.75) is 38.9 Å². The fraction of sp³-hybridized carbons (Fsp3) is 0.583. The van der Waals surface area contributed by atoms with Crippen LogP contribution in [-0.2, 0) is 9.31 Å².